The van der Waals surface area contributed by atoms with Crippen molar-refractivity contribution >= 4 is 0 Å². The van der Waals surface area contributed by atoms with Crippen LogP contribution in [0, 0.1) is 0 Å². The van der Waals surface area contributed by atoms with Crippen LogP contribution in [0.25, 0.3) is 0 Å². The second kappa shape index (κ2) is 3.59. The Labute approximate surface area is 83.5 Å². The van der Waals surface area contributed by atoms with Crippen molar-refractivity contribution in [2.24, 2.45) is 5.73 Å². The van der Waals surface area contributed by atoms with Crippen LogP contribution < -0.4 is 10.5 Å². The highest BCUT2D eigenvalue weighted by molar-refractivity contribution is 5.42. The van der Waals surface area contributed by atoms with Crippen LogP contribution in [0.3, 0.4) is 0 Å². The molecule has 0 heterocycles. The molecule has 1 aromatic rings. The summed E-state index contributed by atoms with van der Waals surface area (Å²) >= 11 is 0. The molecule has 2 atom stereocenters. The summed E-state index contributed by atoms with van der Waals surface area (Å²) < 4.78 is 5.11. The largest absolute Gasteiger partial charge is 0.497 e. The van der Waals surface area contributed by atoms with Gasteiger partial charge in [0.2, 0.25) is 0 Å². The molecule has 0 amide bonds. The van der Waals surface area contributed by atoms with Gasteiger partial charge in [0.05, 0.1) is 13.2 Å². The molecule has 1 aliphatic rings. The van der Waals surface area contributed by atoms with E-state index in [0.29, 0.717) is 12.5 Å². The molecule has 1 aliphatic carbocycles. The number of hydrogen-bond donors (Lipinski definition) is 2. The van der Waals surface area contributed by atoms with Crippen molar-refractivity contribution in [3.63, 3.8) is 0 Å². The van der Waals surface area contributed by atoms with Gasteiger partial charge >= 0.3 is 0 Å². The van der Waals surface area contributed by atoms with Crippen LogP contribution in [0.1, 0.15) is 29.6 Å². The molecule has 0 fully saturated rings. The first kappa shape index (κ1) is 9.49. The Hall–Kier alpha value is -1.06. The molecule has 0 saturated carbocycles. The van der Waals surface area contributed by atoms with E-state index >= 15 is 0 Å². The number of aliphatic hydroxyl groups is 1. The van der Waals surface area contributed by atoms with Gasteiger partial charge in [-0.25, -0.2) is 0 Å². The lowest BCUT2D eigenvalue weighted by Gasteiger charge is -2.08. The Bertz CT molecular complexity index is 338. The summed E-state index contributed by atoms with van der Waals surface area (Å²) in [4.78, 5) is 0. The molecule has 0 saturated heterocycles. The van der Waals surface area contributed by atoms with Gasteiger partial charge in [0.1, 0.15) is 5.75 Å². The molecule has 0 spiro atoms. The Morgan fingerprint density at radius 1 is 1.50 bits per heavy atom. The Kier molecular flexibility index (Phi) is 2.44. The zero-order valence-corrected chi connectivity index (χ0v) is 8.23. The van der Waals surface area contributed by atoms with E-state index in [0.717, 1.165) is 17.7 Å². The van der Waals surface area contributed by atoms with Gasteiger partial charge in [-0.15, -0.1) is 0 Å². The second-order valence-corrected chi connectivity index (χ2v) is 3.68. The van der Waals surface area contributed by atoms with E-state index in [1.54, 1.807) is 7.11 Å². The van der Waals surface area contributed by atoms with Crippen molar-refractivity contribution in [3.05, 3.63) is 29.3 Å². The van der Waals surface area contributed by atoms with E-state index in [2.05, 4.69) is 0 Å². The predicted octanol–water partition coefficient (Wildman–Crippen LogP) is 1.17. The lowest BCUT2D eigenvalue weighted by atomic mass is 10.0. The van der Waals surface area contributed by atoms with Crippen LogP contribution in [0.15, 0.2) is 18.2 Å². The number of rotatable bonds is 2. The van der Waals surface area contributed by atoms with Crippen molar-refractivity contribution in [2.75, 3.05) is 13.7 Å². The highest BCUT2D eigenvalue weighted by Crippen LogP contribution is 2.40. The van der Waals surface area contributed by atoms with Gasteiger partial charge in [-0.2, -0.15) is 0 Å². The van der Waals surface area contributed by atoms with E-state index in [9.17, 15) is 5.11 Å². The van der Waals surface area contributed by atoms with E-state index in [4.69, 9.17) is 10.5 Å². The van der Waals surface area contributed by atoms with Gasteiger partial charge in [-0.05, 0) is 42.1 Å². The molecule has 14 heavy (non-hydrogen) atoms. The summed E-state index contributed by atoms with van der Waals surface area (Å²) in [5, 5.41) is 9.79. The van der Waals surface area contributed by atoms with Crippen LogP contribution in [-0.4, -0.2) is 18.8 Å². The maximum absolute atomic E-state index is 9.79. The van der Waals surface area contributed by atoms with Crippen molar-refractivity contribution in [1.82, 2.24) is 0 Å². The van der Waals surface area contributed by atoms with E-state index in [1.807, 2.05) is 18.2 Å². The zero-order chi connectivity index (χ0) is 10.1. The number of aliphatic hydroxyl groups excluding tert-OH is 1. The highest BCUT2D eigenvalue weighted by Gasteiger charge is 2.28. The number of ether oxygens (including phenoxy) is 1. The molecule has 3 nitrogen and oxygen atoms in total. The average Bonchev–Trinajstić information content (AvgIpc) is 2.55. The number of benzene rings is 1. The third-order valence-electron chi connectivity index (χ3n) is 2.89. The molecule has 76 valence electrons. The lowest BCUT2D eigenvalue weighted by Crippen LogP contribution is -2.09. The maximum atomic E-state index is 9.79. The standard InChI is InChI=1S/C11H15NO2/c1-14-8-2-3-9-7(6-12)4-11(13)10(9)5-8/h2-3,5,7,11,13H,4,6,12H2,1H3. The van der Waals surface area contributed by atoms with E-state index in [1.165, 1.54) is 5.56 Å². The first-order valence-corrected chi connectivity index (χ1v) is 4.82. The second-order valence-electron chi connectivity index (χ2n) is 3.68. The molecule has 2 unspecified atom stereocenters. The van der Waals surface area contributed by atoms with Gasteiger partial charge in [0.25, 0.3) is 0 Å². The quantitative estimate of drug-likeness (QED) is 0.741. The summed E-state index contributed by atoms with van der Waals surface area (Å²) in [5.41, 5.74) is 7.78. The maximum Gasteiger partial charge on any atom is 0.119 e. The minimum atomic E-state index is -0.381. The molecule has 0 aliphatic heterocycles. The Morgan fingerprint density at radius 3 is 2.93 bits per heavy atom. The molecule has 1 aromatic carbocycles. The minimum absolute atomic E-state index is 0.297. The topological polar surface area (TPSA) is 55.5 Å². The summed E-state index contributed by atoms with van der Waals surface area (Å²) in [7, 11) is 1.63. The van der Waals surface area contributed by atoms with Gasteiger partial charge in [-0.1, -0.05) is 6.07 Å². The van der Waals surface area contributed by atoms with Crippen LogP contribution in [0.2, 0.25) is 0 Å². The van der Waals surface area contributed by atoms with Gasteiger partial charge < -0.3 is 15.6 Å². The first-order chi connectivity index (χ1) is 6.76. The third kappa shape index (κ3) is 1.38. The third-order valence-corrected chi connectivity index (χ3v) is 2.89. The minimum Gasteiger partial charge on any atom is -0.497 e. The molecular formula is C11H15NO2. The SMILES string of the molecule is COc1ccc2c(c1)C(O)CC2CN. The van der Waals surface area contributed by atoms with Gasteiger partial charge in [-0.3, -0.25) is 0 Å². The Balaban J connectivity index is 2.41. The van der Waals surface area contributed by atoms with Gasteiger partial charge in [0.15, 0.2) is 0 Å². The zero-order valence-electron chi connectivity index (χ0n) is 8.23. The summed E-state index contributed by atoms with van der Waals surface area (Å²) in [6.07, 6.45) is 0.354. The molecule has 0 aromatic heterocycles. The monoisotopic (exact) mass is 193 g/mol. The van der Waals surface area contributed by atoms with Crippen LogP contribution >= 0.6 is 0 Å². The van der Waals surface area contributed by atoms with E-state index < -0.39 is 0 Å². The number of fused-ring (bicyclic) bond motifs is 1. The molecule has 2 rings (SSSR count). The normalized spacial score (nSPS) is 24.8. The molecule has 0 bridgehead atoms. The fraction of sp³-hybridized carbons (Fsp3) is 0.455. The highest BCUT2D eigenvalue weighted by atomic mass is 16.5. The first-order valence-electron chi connectivity index (χ1n) is 4.82. The molecular weight excluding hydrogens is 178 g/mol. The summed E-state index contributed by atoms with van der Waals surface area (Å²) in [5.74, 6) is 1.09. The predicted molar refractivity (Wildman–Crippen MR) is 54.4 cm³/mol. The molecule has 3 heteroatoms. The van der Waals surface area contributed by atoms with Crippen LogP contribution in [0.4, 0.5) is 0 Å². The summed E-state index contributed by atoms with van der Waals surface area (Å²) in [6.45, 7) is 0.594. The smallest absolute Gasteiger partial charge is 0.119 e. The van der Waals surface area contributed by atoms with Crippen LogP contribution in [-0.2, 0) is 0 Å². The molecule has 0 radical (unpaired) electrons. The number of hydrogen-bond acceptors (Lipinski definition) is 3. The van der Waals surface area contributed by atoms with Crippen molar-refractivity contribution in [3.8, 4) is 5.75 Å². The number of nitrogens with two attached hydrogens (primary N) is 1. The summed E-state index contributed by atoms with van der Waals surface area (Å²) in [6, 6.07) is 5.82. The van der Waals surface area contributed by atoms with Crippen LogP contribution in [0.5, 0.6) is 5.75 Å². The van der Waals surface area contributed by atoms with Crippen molar-refractivity contribution < 1.29 is 9.84 Å². The van der Waals surface area contributed by atoms with E-state index in [-0.39, 0.29) is 6.10 Å². The van der Waals surface area contributed by atoms with Crippen molar-refractivity contribution in [1.29, 1.82) is 0 Å². The average molecular weight is 193 g/mol. The lowest BCUT2D eigenvalue weighted by molar-refractivity contribution is 0.173. The van der Waals surface area contributed by atoms with Crippen molar-refractivity contribution in [2.45, 2.75) is 18.4 Å². The fourth-order valence-electron chi connectivity index (χ4n) is 2.09. The Morgan fingerprint density at radius 2 is 2.29 bits per heavy atom. The number of methoxy groups -OCH3 is 1. The molecule has 3 N–H and O–H groups in total. The van der Waals surface area contributed by atoms with Gasteiger partial charge in [0, 0.05) is 0 Å². The fourth-order valence-corrected chi connectivity index (χ4v) is 2.09.